The van der Waals surface area contributed by atoms with E-state index >= 15 is 0 Å². The summed E-state index contributed by atoms with van der Waals surface area (Å²) in [6.45, 7) is 1.65. The number of methoxy groups -OCH3 is 1. The molecule has 22 heavy (non-hydrogen) atoms. The molecule has 1 unspecified atom stereocenters. The molecule has 1 heterocycles. The number of rotatable bonds is 2. The van der Waals surface area contributed by atoms with E-state index in [2.05, 4.69) is 10.1 Å². The summed E-state index contributed by atoms with van der Waals surface area (Å²) in [6.07, 6.45) is -0.544. The van der Waals surface area contributed by atoms with Gasteiger partial charge in [0.25, 0.3) is 0 Å². The molecule has 2 N–H and O–H groups in total. The lowest BCUT2D eigenvalue weighted by Gasteiger charge is -2.14. The number of nitrogens with zero attached hydrogens (tertiary/aromatic N) is 1. The number of carbonyl (C=O) groups is 1. The van der Waals surface area contributed by atoms with Crippen LogP contribution in [0.3, 0.4) is 0 Å². The zero-order valence-corrected chi connectivity index (χ0v) is 12.1. The van der Waals surface area contributed by atoms with Gasteiger partial charge in [-0.25, -0.2) is 4.79 Å². The molecule has 2 aromatic rings. The Morgan fingerprint density at radius 3 is 2.86 bits per heavy atom. The summed E-state index contributed by atoms with van der Waals surface area (Å²) in [4.78, 5) is 11.6. The Labute approximate surface area is 126 Å². The van der Waals surface area contributed by atoms with E-state index in [0.29, 0.717) is 27.5 Å². The molecule has 0 bridgehead atoms. The Hall–Kier alpha value is -2.76. The number of anilines is 2. The van der Waals surface area contributed by atoms with Gasteiger partial charge >= 0.3 is 5.97 Å². The third-order valence-electron chi connectivity index (χ3n) is 3.66. The largest absolute Gasteiger partial charge is 0.505 e. The monoisotopic (exact) mass is 302 g/mol. The highest BCUT2D eigenvalue weighted by molar-refractivity contribution is 5.93. The Morgan fingerprint density at radius 2 is 2.14 bits per heavy atom. The van der Waals surface area contributed by atoms with Gasteiger partial charge in [-0.05, 0) is 36.8 Å². The molecular formula is C16H15FN2O3. The summed E-state index contributed by atoms with van der Waals surface area (Å²) >= 11 is 0. The molecule has 0 spiro atoms. The van der Waals surface area contributed by atoms with Crippen LogP contribution in [0.25, 0.3) is 11.1 Å². The molecule has 2 aromatic carbocycles. The van der Waals surface area contributed by atoms with Crippen molar-refractivity contribution in [3.05, 3.63) is 42.0 Å². The highest BCUT2D eigenvalue weighted by Gasteiger charge is 2.30. The SMILES string of the molecule is COC(=O)c1cccc(-c2ccc3c(c2O)N(F)C(C)N3)c1. The molecule has 6 heteroatoms. The predicted molar refractivity (Wildman–Crippen MR) is 81.6 cm³/mol. The third kappa shape index (κ3) is 2.13. The molecule has 1 atom stereocenters. The van der Waals surface area contributed by atoms with Crippen LogP contribution in [-0.2, 0) is 4.74 Å². The van der Waals surface area contributed by atoms with Crippen molar-refractivity contribution in [2.75, 3.05) is 17.5 Å². The van der Waals surface area contributed by atoms with E-state index in [1.807, 2.05) is 0 Å². The van der Waals surface area contributed by atoms with Gasteiger partial charge in [0.2, 0.25) is 0 Å². The number of phenolic OH excluding ortho intramolecular Hbond substituents is 1. The van der Waals surface area contributed by atoms with Gasteiger partial charge in [-0.3, -0.25) is 0 Å². The van der Waals surface area contributed by atoms with E-state index < -0.39 is 12.1 Å². The maximum Gasteiger partial charge on any atom is 0.337 e. The fourth-order valence-electron chi connectivity index (χ4n) is 2.55. The molecule has 0 saturated heterocycles. The van der Waals surface area contributed by atoms with Gasteiger partial charge in [0.05, 0.1) is 18.4 Å². The average Bonchev–Trinajstić information content (AvgIpc) is 2.82. The van der Waals surface area contributed by atoms with Crippen molar-refractivity contribution in [3.8, 4) is 16.9 Å². The molecule has 0 fully saturated rings. The second kappa shape index (κ2) is 5.22. The zero-order chi connectivity index (χ0) is 15.9. The first-order chi connectivity index (χ1) is 10.5. The summed E-state index contributed by atoms with van der Waals surface area (Å²) in [7, 11) is 1.30. The lowest BCUT2D eigenvalue weighted by atomic mass is 10.0. The van der Waals surface area contributed by atoms with Crippen molar-refractivity contribution in [2.24, 2.45) is 0 Å². The van der Waals surface area contributed by atoms with Gasteiger partial charge in [-0.2, -0.15) is 5.12 Å². The molecule has 0 aromatic heterocycles. The normalized spacial score (nSPS) is 16.1. The lowest BCUT2D eigenvalue weighted by Crippen LogP contribution is -2.24. The van der Waals surface area contributed by atoms with Crippen LogP contribution < -0.4 is 10.4 Å². The van der Waals surface area contributed by atoms with Crippen LogP contribution in [0.1, 0.15) is 17.3 Å². The number of esters is 1. The molecule has 3 rings (SSSR count). The number of fused-ring (bicyclic) bond motifs is 1. The molecule has 0 radical (unpaired) electrons. The number of hydrogen-bond acceptors (Lipinski definition) is 5. The quantitative estimate of drug-likeness (QED) is 0.658. The number of ether oxygens (including phenoxy) is 1. The van der Waals surface area contributed by atoms with E-state index in [-0.39, 0.29) is 11.4 Å². The standard InChI is InChI=1S/C16H15FN2O3/c1-9-18-13-7-6-12(15(20)14(13)19(9)17)10-4-3-5-11(8-10)16(21)22-2/h3-9,18,20H,1-2H3. The van der Waals surface area contributed by atoms with Crippen LogP contribution in [0.2, 0.25) is 0 Å². The fourth-order valence-corrected chi connectivity index (χ4v) is 2.55. The minimum Gasteiger partial charge on any atom is -0.505 e. The summed E-state index contributed by atoms with van der Waals surface area (Å²) in [5.74, 6) is -0.635. The van der Waals surface area contributed by atoms with E-state index in [9.17, 15) is 14.4 Å². The van der Waals surface area contributed by atoms with Crippen LogP contribution >= 0.6 is 0 Å². The maximum atomic E-state index is 14.1. The highest BCUT2D eigenvalue weighted by Crippen LogP contribution is 2.47. The number of phenols is 1. The molecule has 114 valence electrons. The summed E-state index contributed by atoms with van der Waals surface area (Å²) in [5.41, 5.74) is 2.05. The highest BCUT2D eigenvalue weighted by atomic mass is 19.2. The van der Waals surface area contributed by atoms with Gasteiger partial charge < -0.3 is 15.2 Å². The molecule has 0 saturated carbocycles. The summed E-state index contributed by atoms with van der Waals surface area (Å²) in [6, 6.07) is 10.0. The molecule has 5 nitrogen and oxygen atoms in total. The van der Waals surface area contributed by atoms with E-state index in [4.69, 9.17) is 0 Å². The topological polar surface area (TPSA) is 61.8 Å². The van der Waals surface area contributed by atoms with Crippen LogP contribution in [0.5, 0.6) is 5.75 Å². The zero-order valence-electron chi connectivity index (χ0n) is 12.1. The van der Waals surface area contributed by atoms with Crippen molar-refractivity contribution in [3.63, 3.8) is 0 Å². The first kappa shape index (κ1) is 14.2. The van der Waals surface area contributed by atoms with E-state index in [1.165, 1.54) is 7.11 Å². The minimum atomic E-state index is -0.544. The maximum absolute atomic E-state index is 14.1. The molecule has 1 aliphatic heterocycles. The number of nitrogens with one attached hydrogen (secondary N) is 1. The molecule has 1 aliphatic rings. The van der Waals surface area contributed by atoms with Crippen molar-refractivity contribution in [1.29, 1.82) is 0 Å². The Morgan fingerprint density at radius 1 is 1.36 bits per heavy atom. The average molecular weight is 302 g/mol. The third-order valence-corrected chi connectivity index (χ3v) is 3.66. The van der Waals surface area contributed by atoms with Crippen LogP contribution in [0.15, 0.2) is 36.4 Å². The summed E-state index contributed by atoms with van der Waals surface area (Å²) in [5, 5.41) is 13.8. The smallest absolute Gasteiger partial charge is 0.337 e. The van der Waals surface area contributed by atoms with Gasteiger partial charge in [0, 0.05) is 5.56 Å². The first-order valence-corrected chi connectivity index (χ1v) is 6.79. The van der Waals surface area contributed by atoms with E-state index in [1.54, 1.807) is 43.3 Å². The number of carbonyl (C=O) groups excluding carboxylic acids is 1. The van der Waals surface area contributed by atoms with Crippen molar-refractivity contribution >= 4 is 17.3 Å². The second-order valence-electron chi connectivity index (χ2n) is 5.06. The lowest BCUT2D eigenvalue weighted by molar-refractivity contribution is 0.0601. The first-order valence-electron chi connectivity index (χ1n) is 6.79. The predicted octanol–water partition coefficient (Wildman–Crippen LogP) is 3.31. The Kier molecular flexibility index (Phi) is 3.36. The number of hydrogen-bond donors (Lipinski definition) is 2. The fraction of sp³-hybridized carbons (Fsp3) is 0.188. The summed E-state index contributed by atoms with van der Waals surface area (Å²) < 4.78 is 18.7. The van der Waals surface area contributed by atoms with Crippen LogP contribution in [0, 0.1) is 0 Å². The van der Waals surface area contributed by atoms with Crippen molar-refractivity contribution < 1.29 is 19.1 Å². The van der Waals surface area contributed by atoms with Gasteiger partial charge in [-0.1, -0.05) is 16.6 Å². The van der Waals surface area contributed by atoms with Crippen molar-refractivity contribution in [2.45, 2.75) is 13.1 Å². The molecule has 0 aliphatic carbocycles. The second-order valence-corrected chi connectivity index (χ2v) is 5.06. The number of benzene rings is 2. The number of halogens is 1. The molecular weight excluding hydrogens is 287 g/mol. The van der Waals surface area contributed by atoms with Crippen molar-refractivity contribution in [1.82, 2.24) is 0 Å². The van der Waals surface area contributed by atoms with Gasteiger partial charge in [0.1, 0.15) is 11.9 Å². The number of aromatic hydroxyl groups is 1. The van der Waals surface area contributed by atoms with Crippen LogP contribution in [-0.4, -0.2) is 24.4 Å². The van der Waals surface area contributed by atoms with E-state index in [0.717, 1.165) is 0 Å². The van der Waals surface area contributed by atoms with Crippen LogP contribution in [0.4, 0.5) is 15.9 Å². The Bertz CT molecular complexity index is 748. The Balaban J connectivity index is 2.09. The minimum absolute atomic E-state index is 0.105. The molecule has 0 amide bonds. The van der Waals surface area contributed by atoms with Gasteiger partial charge in [-0.15, -0.1) is 0 Å². The van der Waals surface area contributed by atoms with Gasteiger partial charge in [0.15, 0.2) is 5.75 Å².